The number of fused-ring (bicyclic) bond motifs is 3. The van der Waals surface area contributed by atoms with Crippen molar-refractivity contribution in [3.63, 3.8) is 0 Å². The zero-order valence-corrected chi connectivity index (χ0v) is 11.1. The lowest BCUT2D eigenvalue weighted by atomic mass is 9.97. The van der Waals surface area contributed by atoms with E-state index in [2.05, 4.69) is 27.1 Å². The van der Waals surface area contributed by atoms with Crippen molar-refractivity contribution in [1.82, 2.24) is 20.1 Å². The van der Waals surface area contributed by atoms with Gasteiger partial charge >= 0.3 is 0 Å². The van der Waals surface area contributed by atoms with Gasteiger partial charge in [-0.15, -0.1) is 11.3 Å². The molecule has 3 aliphatic heterocycles. The van der Waals surface area contributed by atoms with Crippen LogP contribution in [0, 0.1) is 0 Å². The van der Waals surface area contributed by atoms with Crippen molar-refractivity contribution in [2.24, 2.45) is 0 Å². The first-order valence-electron chi connectivity index (χ1n) is 6.38. The first-order chi connectivity index (χ1) is 8.36. The van der Waals surface area contributed by atoms with Crippen LogP contribution in [-0.4, -0.2) is 66.6 Å². The van der Waals surface area contributed by atoms with Crippen LogP contribution < -0.4 is 5.32 Å². The average molecular weight is 252 g/mol. The molecule has 0 radical (unpaired) electrons. The SMILES string of the molecule is CNC(Cc1cncs1)C1CN2CCN1CC2. The van der Waals surface area contributed by atoms with E-state index in [9.17, 15) is 0 Å². The smallest absolute Gasteiger partial charge is 0.0794 e. The van der Waals surface area contributed by atoms with Gasteiger partial charge in [-0.1, -0.05) is 0 Å². The van der Waals surface area contributed by atoms with Crippen LogP contribution in [0.15, 0.2) is 11.7 Å². The van der Waals surface area contributed by atoms with Gasteiger partial charge < -0.3 is 5.32 Å². The molecular formula is C12H20N4S. The number of hydrogen-bond donors (Lipinski definition) is 1. The molecule has 1 aromatic heterocycles. The van der Waals surface area contributed by atoms with Gasteiger partial charge in [-0.2, -0.15) is 0 Å². The predicted molar refractivity (Wildman–Crippen MR) is 70.5 cm³/mol. The van der Waals surface area contributed by atoms with Crippen LogP contribution in [-0.2, 0) is 6.42 Å². The predicted octanol–water partition coefficient (Wildman–Crippen LogP) is 0.273. The lowest BCUT2D eigenvalue weighted by molar-refractivity contribution is -0.00191. The Bertz CT molecular complexity index is 345. The van der Waals surface area contributed by atoms with E-state index >= 15 is 0 Å². The molecule has 1 N–H and O–H groups in total. The van der Waals surface area contributed by atoms with Gasteiger partial charge in [-0.25, -0.2) is 0 Å². The van der Waals surface area contributed by atoms with Crippen molar-refractivity contribution in [3.8, 4) is 0 Å². The van der Waals surface area contributed by atoms with Gasteiger partial charge in [0.2, 0.25) is 0 Å². The third-order valence-electron chi connectivity index (χ3n) is 4.06. The summed E-state index contributed by atoms with van der Waals surface area (Å²) < 4.78 is 0. The number of thiazole rings is 1. The molecule has 4 nitrogen and oxygen atoms in total. The van der Waals surface area contributed by atoms with Crippen LogP contribution in [0.5, 0.6) is 0 Å². The summed E-state index contributed by atoms with van der Waals surface area (Å²) in [6.07, 6.45) is 3.11. The number of rotatable bonds is 4. The standard InChI is InChI=1S/C12H20N4S/c1-13-11(6-10-7-14-9-17-10)12-8-15-2-4-16(12)5-3-15/h7,9,11-13H,2-6,8H2,1H3. The number of likely N-dealkylation sites (N-methyl/N-ethyl adjacent to an activating group) is 1. The number of nitrogens with zero attached hydrogens (tertiary/aromatic N) is 3. The van der Waals surface area contributed by atoms with Gasteiger partial charge in [0.25, 0.3) is 0 Å². The van der Waals surface area contributed by atoms with Crippen molar-refractivity contribution in [2.75, 3.05) is 39.8 Å². The van der Waals surface area contributed by atoms with Gasteiger partial charge in [-0.3, -0.25) is 14.8 Å². The first-order valence-corrected chi connectivity index (χ1v) is 7.26. The third-order valence-corrected chi connectivity index (χ3v) is 4.86. The minimum atomic E-state index is 0.554. The fourth-order valence-corrected chi connectivity index (χ4v) is 3.68. The number of nitrogens with one attached hydrogen (secondary N) is 1. The molecule has 5 heteroatoms. The fraction of sp³-hybridized carbons (Fsp3) is 0.750. The van der Waals surface area contributed by atoms with E-state index in [0.29, 0.717) is 12.1 Å². The molecule has 4 rings (SSSR count). The molecule has 0 amide bonds. The lowest BCUT2D eigenvalue weighted by Crippen LogP contribution is -2.66. The zero-order valence-electron chi connectivity index (χ0n) is 10.3. The number of hydrogen-bond acceptors (Lipinski definition) is 5. The van der Waals surface area contributed by atoms with E-state index in [4.69, 9.17) is 0 Å². The summed E-state index contributed by atoms with van der Waals surface area (Å²) in [5.74, 6) is 0. The highest BCUT2D eigenvalue weighted by molar-refractivity contribution is 7.09. The minimum absolute atomic E-state index is 0.554. The molecule has 3 fully saturated rings. The maximum atomic E-state index is 4.17. The summed E-state index contributed by atoms with van der Waals surface area (Å²) in [5.41, 5.74) is 1.93. The van der Waals surface area contributed by atoms with Crippen molar-refractivity contribution in [2.45, 2.75) is 18.5 Å². The summed E-state index contributed by atoms with van der Waals surface area (Å²) in [5, 5.41) is 3.51. The van der Waals surface area contributed by atoms with E-state index in [1.54, 1.807) is 11.3 Å². The average Bonchev–Trinajstić information content (AvgIpc) is 2.90. The summed E-state index contributed by atoms with van der Waals surface area (Å²) in [6.45, 7) is 6.22. The fourth-order valence-electron chi connectivity index (χ4n) is 3.03. The molecule has 0 aromatic carbocycles. The zero-order chi connectivity index (χ0) is 11.7. The maximum Gasteiger partial charge on any atom is 0.0794 e. The largest absolute Gasteiger partial charge is 0.315 e. The summed E-state index contributed by atoms with van der Waals surface area (Å²) in [7, 11) is 2.09. The molecule has 0 spiro atoms. The molecule has 0 aliphatic carbocycles. The van der Waals surface area contributed by atoms with Crippen LogP contribution >= 0.6 is 11.3 Å². The van der Waals surface area contributed by atoms with E-state index in [1.165, 1.54) is 37.6 Å². The molecule has 3 saturated heterocycles. The number of piperazine rings is 3. The van der Waals surface area contributed by atoms with Crippen LogP contribution in [0.3, 0.4) is 0 Å². The van der Waals surface area contributed by atoms with Gasteiger partial charge in [0.1, 0.15) is 0 Å². The molecule has 2 atom stereocenters. The summed E-state index contributed by atoms with van der Waals surface area (Å²) in [4.78, 5) is 10.8. The summed E-state index contributed by atoms with van der Waals surface area (Å²) in [6, 6.07) is 1.23. The third kappa shape index (κ3) is 2.38. The van der Waals surface area contributed by atoms with Gasteiger partial charge in [0.15, 0.2) is 0 Å². The molecule has 1 aromatic rings. The Balaban J connectivity index is 1.68. The quantitative estimate of drug-likeness (QED) is 0.834. The van der Waals surface area contributed by atoms with E-state index in [0.717, 1.165) is 6.42 Å². The van der Waals surface area contributed by atoms with Gasteiger partial charge in [0.05, 0.1) is 5.51 Å². The molecule has 94 valence electrons. The van der Waals surface area contributed by atoms with Gasteiger partial charge in [-0.05, 0) is 7.05 Å². The van der Waals surface area contributed by atoms with Crippen LogP contribution in [0.1, 0.15) is 4.88 Å². The maximum absolute atomic E-state index is 4.17. The molecule has 17 heavy (non-hydrogen) atoms. The number of aromatic nitrogens is 1. The highest BCUT2D eigenvalue weighted by Crippen LogP contribution is 2.21. The van der Waals surface area contributed by atoms with Crippen molar-refractivity contribution in [1.29, 1.82) is 0 Å². The molecule has 2 unspecified atom stereocenters. The van der Waals surface area contributed by atoms with Crippen LogP contribution in [0.2, 0.25) is 0 Å². The van der Waals surface area contributed by atoms with E-state index < -0.39 is 0 Å². The van der Waals surface area contributed by atoms with Crippen molar-refractivity contribution < 1.29 is 0 Å². The Hall–Kier alpha value is -0.490. The Morgan fingerprint density at radius 1 is 1.47 bits per heavy atom. The Kier molecular flexibility index (Phi) is 3.42. The highest BCUT2D eigenvalue weighted by atomic mass is 32.1. The Labute approximate surface area is 107 Å². The normalized spacial score (nSPS) is 33.8. The van der Waals surface area contributed by atoms with Gasteiger partial charge in [0, 0.05) is 62.3 Å². The molecule has 0 saturated carbocycles. The summed E-state index contributed by atoms with van der Waals surface area (Å²) >= 11 is 1.77. The molecule has 3 aliphatic rings. The van der Waals surface area contributed by atoms with Crippen molar-refractivity contribution >= 4 is 11.3 Å². The topological polar surface area (TPSA) is 31.4 Å². The molecule has 4 heterocycles. The highest BCUT2D eigenvalue weighted by Gasteiger charge is 2.36. The van der Waals surface area contributed by atoms with Crippen LogP contribution in [0.4, 0.5) is 0 Å². The minimum Gasteiger partial charge on any atom is -0.315 e. The Morgan fingerprint density at radius 2 is 2.29 bits per heavy atom. The Morgan fingerprint density at radius 3 is 2.82 bits per heavy atom. The molecule has 2 bridgehead atoms. The monoisotopic (exact) mass is 252 g/mol. The second-order valence-electron chi connectivity index (χ2n) is 4.97. The van der Waals surface area contributed by atoms with E-state index in [1.807, 2.05) is 11.7 Å². The second-order valence-corrected chi connectivity index (χ2v) is 5.94. The molecular weight excluding hydrogens is 232 g/mol. The van der Waals surface area contributed by atoms with E-state index in [-0.39, 0.29) is 0 Å². The van der Waals surface area contributed by atoms with Crippen molar-refractivity contribution in [3.05, 3.63) is 16.6 Å². The first kappa shape index (κ1) is 11.6. The van der Waals surface area contributed by atoms with Crippen LogP contribution in [0.25, 0.3) is 0 Å². The second kappa shape index (κ2) is 5.02. The lowest BCUT2D eigenvalue weighted by Gasteiger charge is -2.50.